The lowest BCUT2D eigenvalue weighted by Gasteiger charge is -2.11. The third-order valence-corrected chi connectivity index (χ3v) is 10.3. The molecule has 0 unspecified atom stereocenters. The molecule has 0 fully saturated rings. The molecule has 0 bridgehead atoms. The monoisotopic (exact) mass is 616 g/mol. The van der Waals surface area contributed by atoms with Gasteiger partial charge in [0.2, 0.25) is 0 Å². The number of fused-ring (bicyclic) bond motifs is 9. The van der Waals surface area contributed by atoms with E-state index in [2.05, 4.69) is 138 Å². The Kier molecular flexibility index (Phi) is 5.71. The predicted molar refractivity (Wildman–Crippen MR) is 197 cm³/mol. The van der Waals surface area contributed by atoms with E-state index in [-0.39, 0.29) is 0 Å². The van der Waals surface area contributed by atoms with Crippen LogP contribution in [0.25, 0.3) is 97.6 Å². The van der Waals surface area contributed by atoms with E-state index in [1.54, 1.807) is 11.3 Å². The van der Waals surface area contributed by atoms with Gasteiger partial charge in [-0.05, 0) is 68.0 Å². The summed E-state index contributed by atoms with van der Waals surface area (Å²) < 4.78 is 2.41. The second-order valence-electron chi connectivity index (χ2n) is 11.9. The highest BCUT2D eigenvalue weighted by Gasteiger charge is 2.16. The van der Waals surface area contributed by atoms with Gasteiger partial charge in [0.15, 0.2) is 17.5 Å². The van der Waals surface area contributed by atoms with Gasteiger partial charge in [0.05, 0.1) is 10.2 Å². The molecule has 0 saturated carbocycles. The molecule has 7 aromatic carbocycles. The van der Waals surface area contributed by atoms with E-state index >= 15 is 0 Å². The number of benzene rings is 7. The minimum atomic E-state index is 0.648. The van der Waals surface area contributed by atoms with Gasteiger partial charge in [-0.2, -0.15) is 0 Å². The Bertz CT molecular complexity index is 2870. The molecular formula is C42H24N4S. The third kappa shape index (κ3) is 4.28. The minimum Gasteiger partial charge on any atom is -0.255 e. The molecule has 3 heterocycles. The summed E-state index contributed by atoms with van der Waals surface area (Å²) in [7, 11) is 0. The average molecular weight is 617 g/mol. The summed E-state index contributed by atoms with van der Waals surface area (Å²) >= 11 is 1.78. The molecule has 0 spiro atoms. The molecule has 3 aromatic heterocycles. The molecule has 0 atom stereocenters. The molecule has 0 aliphatic heterocycles. The number of nitrogens with zero attached hydrogens (tertiary/aromatic N) is 4. The van der Waals surface area contributed by atoms with Crippen LogP contribution in [0.1, 0.15) is 0 Å². The number of rotatable bonds is 3. The Morgan fingerprint density at radius 2 is 0.936 bits per heavy atom. The molecule has 10 rings (SSSR count). The van der Waals surface area contributed by atoms with Crippen LogP contribution in [0, 0.1) is 0 Å². The standard InChI is InChI=1S/C42H24N4S/c1-2-8-29-22-30(16-11-25(29)6-1)40-44-41(31-17-14-27-13-12-26-7-3-4-9-33(26)35(27)23-31)46-42(45-40)32-18-15-28-19-20-34-38-37(10-5-21-43-38)47-39(34)36(28)24-32/h1-24H. The van der Waals surface area contributed by atoms with Gasteiger partial charge in [0, 0.05) is 38.4 Å². The minimum absolute atomic E-state index is 0.648. The number of aromatic nitrogens is 4. The van der Waals surface area contributed by atoms with Crippen molar-refractivity contribution < 1.29 is 0 Å². The van der Waals surface area contributed by atoms with Crippen LogP contribution in [0.5, 0.6) is 0 Å². The first kappa shape index (κ1) is 26.2. The van der Waals surface area contributed by atoms with E-state index in [9.17, 15) is 0 Å². The highest BCUT2D eigenvalue weighted by atomic mass is 32.1. The smallest absolute Gasteiger partial charge is 0.164 e. The third-order valence-electron chi connectivity index (χ3n) is 9.12. The Balaban J connectivity index is 1.21. The second-order valence-corrected chi connectivity index (χ2v) is 13.0. The zero-order valence-corrected chi connectivity index (χ0v) is 25.9. The average Bonchev–Trinajstić information content (AvgIpc) is 3.53. The number of hydrogen-bond acceptors (Lipinski definition) is 5. The molecule has 0 aliphatic carbocycles. The first-order chi connectivity index (χ1) is 23.2. The van der Waals surface area contributed by atoms with Crippen molar-refractivity contribution in [2.45, 2.75) is 0 Å². The molecule has 0 amide bonds. The van der Waals surface area contributed by atoms with Crippen LogP contribution in [0.15, 0.2) is 146 Å². The molecule has 0 aliphatic rings. The molecule has 0 saturated heterocycles. The maximum atomic E-state index is 5.15. The van der Waals surface area contributed by atoms with E-state index in [0.717, 1.165) is 27.6 Å². The maximum Gasteiger partial charge on any atom is 0.164 e. The largest absolute Gasteiger partial charge is 0.255 e. The lowest BCUT2D eigenvalue weighted by atomic mass is 9.99. The van der Waals surface area contributed by atoms with Crippen LogP contribution in [0.4, 0.5) is 0 Å². The Morgan fingerprint density at radius 1 is 0.383 bits per heavy atom. The quantitative estimate of drug-likeness (QED) is 0.185. The van der Waals surface area contributed by atoms with Crippen molar-refractivity contribution in [2.75, 3.05) is 0 Å². The highest BCUT2D eigenvalue weighted by Crippen LogP contribution is 2.39. The summed E-state index contributed by atoms with van der Waals surface area (Å²) in [5, 5.41) is 10.7. The summed E-state index contributed by atoms with van der Waals surface area (Å²) in [5.41, 5.74) is 3.91. The second kappa shape index (κ2) is 10.2. The van der Waals surface area contributed by atoms with Gasteiger partial charge >= 0.3 is 0 Å². The zero-order valence-electron chi connectivity index (χ0n) is 25.1. The Hall–Kier alpha value is -6.04. The fourth-order valence-corrected chi connectivity index (χ4v) is 7.93. The summed E-state index contributed by atoms with van der Waals surface area (Å²) in [6.45, 7) is 0. The SMILES string of the molecule is c1ccc2cc(-c3nc(-c4ccc5ccc6ccccc6c5c4)nc(-c4ccc5ccc6c7ncccc7sc6c5c4)n3)ccc2c1. The topological polar surface area (TPSA) is 51.6 Å². The fourth-order valence-electron chi connectivity index (χ4n) is 6.75. The lowest BCUT2D eigenvalue weighted by Crippen LogP contribution is -2.00. The molecule has 0 radical (unpaired) electrons. The van der Waals surface area contributed by atoms with E-state index in [1.807, 2.05) is 12.3 Å². The van der Waals surface area contributed by atoms with Crippen LogP contribution >= 0.6 is 11.3 Å². The van der Waals surface area contributed by atoms with Crippen LogP contribution in [-0.4, -0.2) is 19.9 Å². The number of hydrogen-bond donors (Lipinski definition) is 0. The molecule has 5 heteroatoms. The summed E-state index contributed by atoms with van der Waals surface area (Å²) in [6, 6.07) is 49.2. The van der Waals surface area contributed by atoms with Gasteiger partial charge in [-0.15, -0.1) is 11.3 Å². The first-order valence-electron chi connectivity index (χ1n) is 15.6. The van der Waals surface area contributed by atoms with E-state index in [1.165, 1.54) is 52.5 Å². The van der Waals surface area contributed by atoms with Gasteiger partial charge < -0.3 is 0 Å². The number of pyridine rings is 1. The van der Waals surface area contributed by atoms with Gasteiger partial charge in [0.25, 0.3) is 0 Å². The summed E-state index contributed by atoms with van der Waals surface area (Å²) in [4.78, 5) is 20.1. The Morgan fingerprint density at radius 3 is 1.70 bits per heavy atom. The molecular weight excluding hydrogens is 593 g/mol. The van der Waals surface area contributed by atoms with Crippen LogP contribution in [-0.2, 0) is 0 Å². The molecule has 47 heavy (non-hydrogen) atoms. The van der Waals surface area contributed by atoms with Crippen molar-refractivity contribution in [2.24, 2.45) is 0 Å². The molecule has 10 aromatic rings. The van der Waals surface area contributed by atoms with Crippen LogP contribution in [0.3, 0.4) is 0 Å². The summed E-state index contributed by atoms with van der Waals surface area (Å²) in [6.07, 6.45) is 1.87. The van der Waals surface area contributed by atoms with Gasteiger partial charge in [-0.1, -0.05) is 109 Å². The van der Waals surface area contributed by atoms with Crippen molar-refractivity contribution in [3.05, 3.63) is 146 Å². The van der Waals surface area contributed by atoms with E-state index < -0.39 is 0 Å². The van der Waals surface area contributed by atoms with Crippen molar-refractivity contribution in [3.8, 4) is 34.2 Å². The molecule has 0 N–H and O–H groups in total. The lowest BCUT2D eigenvalue weighted by molar-refractivity contribution is 1.08. The zero-order chi connectivity index (χ0) is 30.9. The van der Waals surface area contributed by atoms with Gasteiger partial charge in [-0.25, -0.2) is 15.0 Å². The van der Waals surface area contributed by atoms with Gasteiger partial charge in [-0.3, -0.25) is 4.98 Å². The fraction of sp³-hybridized carbons (Fsp3) is 0. The van der Waals surface area contributed by atoms with Crippen molar-refractivity contribution in [1.82, 2.24) is 19.9 Å². The number of thiophene rings is 1. The van der Waals surface area contributed by atoms with Crippen molar-refractivity contribution >= 4 is 74.7 Å². The molecule has 4 nitrogen and oxygen atoms in total. The predicted octanol–water partition coefficient (Wildman–Crippen LogP) is 11.2. The normalized spacial score (nSPS) is 11.8. The highest BCUT2D eigenvalue weighted by molar-refractivity contribution is 7.26. The maximum absolute atomic E-state index is 5.15. The van der Waals surface area contributed by atoms with Gasteiger partial charge in [0.1, 0.15) is 0 Å². The summed E-state index contributed by atoms with van der Waals surface area (Å²) in [5.74, 6) is 1.95. The Labute approximate surface area is 273 Å². The molecule has 218 valence electrons. The van der Waals surface area contributed by atoms with E-state index in [4.69, 9.17) is 15.0 Å². The van der Waals surface area contributed by atoms with Crippen molar-refractivity contribution in [1.29, 1.82) is 0 Å². The van der Waals surface area contributed by atoms with Crippen LogP contribution in [0.2, 0.25) is 0 Å². The van der Waals surface area contributed by atoms with E-state index in [0.29, 0.717) is 17.5 Å². The van der Waals surface area contributed by atoms with Crippen LogP contribution < -0.4 is 0 Å². The first-order valence-corrected chi connectivity index (χ1v) is 16.4. The van der Waals surface area contributed by atoms with Crippen molar-refractivity contribution in [3.63, 3.8) is 0 Å².